The Hall–Kier alpha value is -2.89. The van der Waals surface area contributed by atoms with Gasteiger partial charge in [-0.3, -0.25) is 0 Å². The van der Waals surface area contributed by atoms with Crippen LogP contribution in [-0.4, -0.2) is 30.9 Å². The van der Waals surface area contributed by atoms with Crippen LogP contribution in [0.3, 0.4) is 0 Å². The molecule has 4 nitrogen and oxygen atoms in total. The van der Waals surface area contributed by atoms with E-state index < -0.39 is 18.3 Å². The highest BCUT2D eigenvalue weighted by Crippen LogP contribution is 2.54. The number of esters is 1. The standard InChI is InChI=1S/C33H39BO4/c1-7-29(34-37-32(3,4)33(5,6)38-34)31(23-16-13-22(14-17-23)15-18-30(35)36-8-2)28-20-25-12-10-9-11-24(25)19-26-21-27(26)28/h9-18,20,26-27H,7-8,19,21H2,1-6H3/b18-15+,31-29+/t26-,27?/m0/s1. The molecule has 0 amide bonds. The highest BCUT2D eigenvalue weighted by molar-refractivity contribution is 6.56. The summed E-state index contributed by atoms with van der Waals surface area (Å²) in [5.41, 5.74) is 7.87. The van der Waals surface area contributed by atoms with E-state index in [1.165, 1.54) is 40.2 Å². The van der Waals surface area contributed by atoms with Gasteiger partial charge in [-0.25, -0.2) is 4.79 Å². The maximum absolute atomic E-state index is 11.8. The van der Waals surface area contributed by atoms with Gasteiger partial charge >= 0.3 is 13.1 Å². The number of benzene rings is 2. The van der Waals surface area contributed by atoms with E-state index in [0.717, 1.165) is 24.0 Å². The van der Waals surface area contributed by atoms with Gasteiger partial charge in [0, 0.05) is 6.08 Å². The van der Waals surface area contributed by atoms with Crippen LogP contribution in [-0.2, 0) is 25.3 Å². The molecule has 1 unspecified atom stereocenters. The SMILES string of the molecule is CCOC(=O)/C=C/c1ccc(/C(C2=Cc3ccccc3C[C@H]3CC23)=C(/CC)B2OC(C)(C)C(C)(C)O2)cc1. The Kier molecular flexibility index (Phi) is 7.28. The molecule has 2 fully saturated rings. The molecule has 0 spiro atoms. The molecular weight excluding hydrogens is 471 g/mol. The molecule has 0 N–H and O–H groups in total. The van der Waals surface area contributed by atoms with Crippen LogP contribution in [0.4, 0.5) is 0 Å². The average molecular weight is 510 g/mol. The molecule has 2 aromatic rings. The summed E-state index contributed by atoms with van der Waals surface area (Å²) in [6.07, 6.45) is 8.87. The lowest BCUT2D eigenvalue weighted by Gasteiger charge is -2.32. The Bertz CT molecular complexity index is 1280. The van der Waals surface area contributed by atoms with Crippen molar-refractivity contribution in [1.82, 2.24) is 0 Å². The van der Waals surface area contributed by atoms with Crippen LogP contribution in [0, 0.1) is 11.8 Å². The van der Waals surface area contributed by atoms with Crippen molar-refractivity contribution in [2.24, 2.45) is 11.8 Å². The lowest BCUT2D eigenvalue weighted by Crippen LogP contribution is -2.41. The van der Waals surface area contributed by atoms with Gasteiger partial charge in [-0.1, -0.05) is 61.5 Å². The maximum atomic E-state index is 11.8. The first-order valence-corrected chi connectivity index (χ1v) is 14.0. The van der Waals surface area contributed by atoms with Crippen LogP contribution in [0.5, 0.6) is 0 Å². The quantitative estimate of drug-likeness (QED) is 0.222. The Morgan fingerprint density at radius 1 is 1.03 bits per heavy atom. The second-order valence-electron chi connectivity index (χ2n) is 11.7. The smallest absolute Gasteiger partial charge is 0.463 e. The number of carbonyl (C=O) groups is 1. The second kappa shape index (κ2) is 10.4. The van der Waals surface area contributed by atoms with Crippen LogP contribution in [0.1, 0.15) is 76.6 Å². The van der Waals surface area contributed by atoms with Gasteiger partial charge in [-0.15, -0.1) is 0 Å². The van der Waals surface area contributed by atoms with Crippen molar-refractivity contribution in [3.05, 3.63) is 87.9 Å². The first-order valence-electron chi connectivity index (χ1n) is 14.0. The number of hydrogen-bond acceptors (Lipinski definition) is 4. The van der Waals surface area contributed by atoms with Crippen molar-refractivity contribution in [2.45, 2.75) is 72.0 Å². The summed E-state index contributed by atoms with van der Waals surface area (Å²) in [4.78, 5) is 11.8. The Morgan fingerprint density at radius 2 is 1.71 bits per heavy atom. The molecule has 1 aliphatic heterocycles. The molecular formula is C33H39BO4. The molecule has 0 bridgehead atoms. The fourth-order valence-electron chi connectivity index (χ4n) is 5.63. The normalized spacial score (nSPS) is 23.7. The van der Waals surface area contributed by atoms with E-state index >= 15 is 0 Å². The van der Waals surface area contributed by atoms with Gasteiger partial charge in [0.2, 0.25) is 0 Å². The molecule has 1 saturated heterocycles. The molecule has 2 atom stereocenters. The van der Waals surface area contributed by atoms with Crippen molar-refractivity contribution in [3.8, 4) is 0 Å². The zero-order valence-corrected chi connectivity index (χ0v) is 23.5. The third-order valence-corrected chi connectivity index (χ3v) is 8.60. The monoisotopic (exact) mass is 510 g/mol. The highest BCUT2D eigenvalue weighted by atomic mass is 16.7. The molecule has 2 aromatic carbocycles. The number of carbonyl (C=O) groups excluding carboxylic acids is 1. The second-order valence-corrected chi connectivity index (χ2v) is 11.7. The fraction of sp³-hybridized carbons (Fsp3) is 0.424. The minimum atomic E-state index is -0.405. The molecule has 5 heteroatoms. The lowest BCUT2D eigenvalue weighted by molar-refractivity contribution is -0.137. The van der Waals surface area contributed by atoms with E-state index in [1.807, 2.05) is 6.92 Å². The molecule has 0 radical (unpaired) electrons. The van der Waals surface area contributed by atoms with Crippen LogP contribution in [0.15, 0.2) is 65.7 Å². The number of hydrogen-bond donors (Lipinski definition) is 0. The van der Waals surface area contributed by atoms with E-state index in [-0.39, 0.29) is 5.97 Å². The fourth-order valence-corrected chi connectivity index (χ4v) is 5.63. The first-order chi connectivity index (χ1) is 18.1. The van der Waals surface area contributed by atoms with Gasteiger partial charge in [0.1, 0.15) is 0 Å². The summed E-state index contributed by atoms with van der Waals surface area (Å²) < 4.78 is 18.2. The van der Waals surface area contributed by atoms with E-state index in [1.54, 1.807) is 6.08 Å². The van der Waals surface area contributed by atoms with Crippen LogP contribution in [0.25, 0.3) is 17.7 Å². The summed E-state index contributed by atoms with van der Waals surface area (Å²) in [7, 11) is -0.403. The molecule has 1 heterocycles. The molecule has 38 heavy (non-hydrogen) atoms. The Morgan fingerprint density at radius 3 is 2.37 bits per heavy atom. The van der Waals surface area contributed by atoms with Gasteiger partial charge in [0.05, 0.1) is 17.8 Å². The highest BCUT2D eigenvalue weighted by Gasteiger charge is 2.53. The minimum Gasteiger partial charge on any atom is -0.463 e. The topological polar surface area (TPSA) is 44.8 Å². The van der Waals surface area contributed by atoms with Crippen molar-refractivity contribution >= 4 is 30.8 Å². The average Bonchev–Trinajstić information content (AvgIpc) is 3.61. The zero-order valence-electron chi connectivity index (χ0n) is 23.5. The van der Waals surface area contributed by atoms with Crippen molar-refractivity contribution < 1.29 is 18.8 Å². The molecule has 1 saturated carbocycles. The summed E-state index contributed by atoms with van der Waals surface area (Å²) >= 11 is 0. The molecule has 5 rings (SSSR count). The summed E-state index contributed by atoms with van der Waals surface area (Å²) in [5.74, 6) is 0.876. The largest absolute Gasteiger partial charge is 0.491 e. The number of allylic oxidation sites excluding steroid dienone is 3. The van der Waals surface area contributed by atoms with Gasteiger partial charge in [0.25, 0.3) is 0 Å². The summed E-state index contributed by atoms with van der Waals surface area (Å²) in [6, 6.07) is 17.3. The lowest BCUT2D eigenvalue weighted by atomic mass is 9.70. The molecule has 0 aromatic heterocycles. The van der Waals surface area contributed by atoms with Gasteiger partial charge in [-0.05, 0) is 111 Å². The van der Waals surface area contributed by atoms with Crippen LogP contribution < -0.4 is 0 Å². The van der Waals surface area contributed by atoms with E-state index in [0.29, 0.717) is 18.4 Å². The third kappa shape index (κ3) is 5.19. The number of rotatable bonds is 7. The Balaban J connectivity index is 1.61. The first kappa shape index (κ1) is 26.7. The van der Waals surface area contributed by atoms with Gasteiger partial charge < -0.3 is 14.0 Å². The van der Waals surface area contributed by atoms with E-state index in [2.05, 4.69) is 89.2 Å². The third-order valence-electron chi connectivity index (χ3n) is 8.60. The van der Waals surface area contributed by atoms with Crippen LogP contribution >= 0.6 is 0 Å². The predicted octanol–water partition coefficient (Wildman–Crippen LogP) is 7.33. The minimum absolute atomic E-state index is 0.326. The van der Waals surface area contributed by atoms with Gasteiger partial charge in [-0.2, -0.15) is 0 Å². The zero-order chi connectivity index (χ0) is 27.1. The Labute approximate surface area is 227 Å². The summed E-state index contributed by atoms with van der Waals surface area (Å²) in [5, 5.41) is 0. The molecule has 3 aliphatic rings. The molecule has 2 aliphatic carbocycles. The van der Waals surface area contributed by atoms with E-state index in [9.17, 15) is 4.79 Å². The summed E-state index contributed by atoms with van der Waals surface area (Å²) in [6.45, 7) is 12.8. The van der Waals surface area contributed by atoms with Crippen molar-refractivity contribution in [1.29, 1.82) is 0 Å². The maximum Gasteiger partial charge on any atom is 0.491 e. The number of fused-ring (bicyclic) bond motifs is 2. The van der Waals surface area contributed by atoms with Crippen molar-refractivity contribution in [2.75, 3.05) is 6.61 Å². The van der Waals surface area contributed by atoms with E-state index in [4.69, 9.17) is 14.0 Å². The van der Waals surface area contributed by atoms with Crippen molar-refractivity contribution in [3.63, 3.8) is 0 Å². The van der Waals surface area contributed by atoms with Crippen LogP contribution in [0.2, 0.25) is 0 Å². The molecule has 198 valence electrons. The van der Waals surface area contributed by atoms with Gasteiger partial charge in [0.15, 0.2) is 0 Å². The predicted molar refractivity (Wildman–Crippen MR) is 155 cm³/mol. The number of ether oxygens (including phenoxy) is 1.